The van der Waals surface area contributed by atoms with Crippen LogP contribution in [0.4, 0.5) is 13.2 Å². The highest BCUT2D eigenvalue weighted by Crippen LogP contribution is 2.35. The fourth-order valence-electron chi connectivity index (χ4n) is 1.99. The molecule has 0 fully saturated rings. The van der Waals surface area contributed by atoms with Gasteiger partial charge in [-0.2, -0.15) is 13.2 Å². The number of carboxylic acid groups (broad SMARTS) is 1. The van der Waals surface area contributed by atoms with Crippen LogP contribution in [0.15, 0.2) is 41.8 Å². The standard InChI is InChI=1S/C14H11F3O2S/c15-14(16,17)11-5-2-1-4-9(11)8-10(13(18)19)12-6-3-7-20-12/h1-7,10H,8H2,(H,18,19). The van der Waals surface area contributed by atoms with Crippen molar-refractivity contribution in [2.75, 3.05) is 0 Å². The molecule has 2 aromatic rings. The van der Waals surface area contributed by atoms with E-state index < -0.39 is 23.6 Å². The van der Waals surface area contributed by atoms with Gasteiger partial charge in [-0.1, -0.05) is 24.3 Å². The first kappa shape index (κ1) is 14.6. The Kier molecular flexibility index (Phi) is 4.13. The van der Waals surface area contributed by atoms with Gasteiger partial charge >= 0.3 is 12.1 Å². The molecule has 0 aliphatic rings. The Morgan fingerprint density at radius 3 is 2.45 bits per heavy atom. The average Bonchev–Trinajstić information content (AvgIpc) is 2.88. The number of halogens is 3. The third kappa shape index (κ3) is 3.19. The van der Waals surface area contributed by atoms with Gasteiger partial charge in [0.2, 0.25) is 0 Å². The zero-order chi connectivity index (χ0) is 14.8. The number of hydrogen-bond donors (Lipinski definition) is 1. The first-order valence-electron chi connectivity index (χ1n) is 5.81. The molecular formula is C14H11F3O2S. The monoisotopic (exact) mass is 300 g/mol. The predicted molar refractivity (Wildman–Crippen MR) is 69.8 cm³/mol. The quantitative estimate of drug-likeness (QED) is 0.919. The van der Waals surface area contributed by atoms with Gasteiger partial charge in [-0.25, -0.2) is 0 Å². The van der Waals surface area contributed by atoms with Gasteiger partial charge in [-0.05, 0) is 29.5 Å². The van der Waals surface area contributed by atoms with Crippen LogP contribution in [0.2, 0.25) is 0 Å². The summed E-state index contributed by atoms with van der Waals surface area (Å²) < 4.78 is 38.7. The summed E-state index contributed by atoms with van der Waals surface area (Å²) in [5, 5.41) is 10.9. The Labute approximate surface area is 117 Å². The zero-order valence-corrected chi connectivity index (χ0v) is 11.0. The van der Waals surface area contributed by atoms with Crippen LogP contribution in [0.25, 0.3) is 0 Å². The number of rotatable bonds is 4. The van der Waals surface area contributed by atoms with Crippen LogP contribution in [-0.2, 0) is 17.4 Å². The minimum absolute atomic E-state index is 0.000741. The van der Waals surface area contributed by atoms with Crippen LogP contribution in [0, 0.1) is 0 Å². The lowest BCUT2D eigenvalue weighted by Crippen LogP contribution is -2.16. The summed E-state index contributed by atoms with van der Waals surface area (Å²) in [5.74, 6) is -2.08. The van der Waals surface area contributed by atoms with Crippen molar-refractivity contribution in [1.82, 2.24) is 0 Å². The number of thiophene rings is 1. The number of carboxylic acids is 1. The average molecular weight is 300 g/mol. The van der Waals surface area contributed by atoms with Crippen molar-refractivity contribution in [2.24, 2.45) is 0 Å². The molecule has 0 radical (unpaired) electrons. The fraction of sp³-hybridized carbons (Fsp3) is 0.214. The zero-order valence-electron chi connectivity index (χ0n) is 10.2. The maximum Gasteiger partial charge on any atom is 0.416 e. The maximum atomic E-state index is 12.9. The molecule has 0 aliphatic carbocycles. The topological polar surface area (TPSA) is 37.3 Å². The van der Waals surface area contributed by atoms with E-state index in [1.807, 2.05) is 0 Å². The second-order valence-electron chi connectivity index (χ2n) is 4.27. The van der Waals surface area contributed by atoms with E-state index in [4.69, 9.17) is 0 Å². The van der Waals surface area contributed by atoms with Crippen molar-refractivity contribution in [3.8, 4) is 0 Å². The largest absolute Gasteiger partial charge is 0.481 e. The second kappa shape index (κ2) is 5.66. The molecule has 1 atom stereocenters. The van der Waals surface area contributed by atoms with E-state index in [0.29, 0.717) is 4.88 Å². The molecule has 0 aliphatic heterocycles. The first-order valence-corrected chi connectivity index (χ1v) is 6.69. The highest BCUT2D eigenvalue weighted by molar-refractivity contribution is 7.10. The van der Waals surface area contributed by atoms with E-state index in [2.05, 4.69) is 0 Å². The maximum absolute atomic E-state index is 12.9. The van der Waals surface area contributed by atoms with Crippen molar-refractivity contribution in [3.05, 3.63) is 57.8 Å². The first-order chi connectivity index (χ1) is 9.39. The molecule has 20 heavy (non-hydrogen) atoms. The molecule has 0 saturated carbocycles. The van der Waals surface area contributed by atoms with Crippen molar-refractivity contribution in [3.63, 3.8) is 0 Å². The number of alkyl halides is 3. The van der Waals surface area contributed by atoms with Crippen LogP contribution in [-0.4, -0.2) is 11.1 Å². The van der Waals surface area contributed by atoms with E-state index in [0.717, 1.165) is 6.07 Å². The van der Waals surface area contributed by atoms with Gasteiger partial charge in [0.1, 0.15) is 0 Å². The SMILES string of the molecule is O=C(O)C(Cc1ccccc1C(F)(F)F)c1cccs1. The number of benzene rings is 1. The predicted octanol–water partition coefficient (Wildman–Crippen LogP) is 4.18. The van der Waals surface area contributed by atoms with Gasteiger partial charge < -0.3 is 5.11 Å². The third-order valence-electron chi connectivity index (χ3n) is 2.93. The third-order valence-corrected chi connectivity index (χ3v) is 3.92. The number of aliphatic carboxylic acids is 1. The number of hydrogen-bond acceptors (Lipinski definition) is 2. The van der Waals surface area contributed by atoms with Crippen molar-refractivity contribution < 1.29 is 23.1 Å². The van der Waals surface area contributed by atoms with E-state index in [-0.39, 0.29) is 12.0 Å². The molecule has 106 valence electrons. The van der Waals surface area contributed by atoms with Crippen LogP contribution >= 0.6 is 11.3 Å². The van der Waals surface area contributed by atoms with Crippen LogP contribution < -0.4 is 0 Å². The summed E-state index contributed by atoms with van der Waals surface area (Å²) in [6.07, 6.45) is -4.65. The van der Waals surface area contributed by atoms with Gasteiger partial charge in [0.15, 0.2) is 0 Å². The Hall–Kier alpha value is -1.82. The normalized spacial score (nSPS) is 13.2. The Balaban J connectivity index is 2.35. The highest BCUT2D eigenvalue weighted by Gasteiger charge is 2.34. The number of carbonyl (C=O) groups is 1. The van der Waals surface area contributed by atoms with E-state index >= 15 is 0 Å². The van der Waals surface area contributed by atoms with Gasteiger partial charge in [-0.3, -0.25) is 4.79 Å². The van der Waals surface area contributed by atoms with Crippen LogP contribution in [0.3, 0.4) is 0 Å². The van der Waals surface area contributed by atoms with Gasteiger partial charge in [0.05, 0.1) is 11.5 Å². The van der Waals surface area contributed by atoms with Crippen LogP contribution in [0.5, 0.6) is 0 Å². The highest BCUT2D eigenvalue weighted by atomic mass is 32.1. The lowest BCUT2D eigenvalue weighted by Gasteiger charge is -2.16. The van der Waals surface area contributed by atoms with E-state index in [9.17, 15) is 23.1 Å². The van der Waals surface area contributed by atoms with Crippen molar-refractivity contribution >= 4 is 17.3 Å². The Morgan fingerprint density at radius 2 is 1.90 bits per heavy atom. The second-order valence-corrected chi connectivity index (χ2v) is 5.24. The Morgan fingerprint density at radius 1 is 1.20 bits per heavy atom. The molecular weight excluding hydrogens is 289 g/mol. The molecule has 1 aromatic heterocycles. The summed E-state index contributed by atoms with van der Waals surface area (Å²) in [6.45, 7) is 0. The molecule has 0 amide bonds. The molecule has 0 spiro atoms. The van der Waals surface area contributed by atoms with Crippen molar-refractivity contribution in [2.45, 2.75) is 18.5 Å². The summed E-state index contributed by atoms with van der Waals surface area (Å²) in [7, 11) is 0. The molecule has 2 rings (SSSR count). The van der Waals surface area contributed by atoms with Gasteiger partial charge in [0, 0.05) is 4.88 Å². The lowest BCUT2D eigenvalue weighted by atomic mass is 9.94. The minimum Gasteiger partial charge on any atom is -0.481 e. The molecule has 1 heterocycles. The summed E-state index contributed by atoms with van der Waals surface area (Å²) in [4.78, 5) is 11.8. The molecule has 0 bridgehead atoms. The molecule has 6 heteroatoms. The van der Waals surface area contributed by atoms with Gasteiger partial charge in [-0.15, -0.1) is 11.3 Å². The summed E-state index contributed by atoms with van der Waals surface area (Å²) in [5.41, 5.74) is -0.774. The molecule has 0 saturated heterocycles. The fourth-order valence-corrected chi connectivity index (χ4v) is 2.81. The lowest BCUT2D eigenvalue weighted by molar-refractivity contribution is -0.141. The molecule has 1 unspecified atom stereocenters. The Bertz CT molecular complexity index is 591. The van der Waals surface area contributed by atoms with E-state index in [1.165, 1.54) is 29.5 Å². The minimum atomic E-state index is -4.48. The smallest absolute Gasteiger partial charge is 0.416 e. The van der Waals surface area contributed by atoms with Crippen LogP contribution in [0.1, 0.15) is 21.9 Å². The van der Waals surface area contributed by atoms with E-state index in [1.54, 1.807) is 17.5 Å². The molecule has 1 aromatic carbocycles. The summed E-state index contributed by atoms with van der Waals surface area (Å²) >= 11 is 1.23. The van der Waals surface area contributed by atoms with Gasteiger partial charge in [0.25, 0.3) is 0 Å². The van der Waals surface area contributed by atoms with Crippen molar-refractivity contribution in [1.29, 1.82) is 0 Å². The molecule has 1 N–H and O–H groups in total. The summed E-state index contributed by atoms with van der Waals surface area (Å²) in [6, 6.07) is 8.39. The molecule has 2 nitrogen and oxygen atoms in total.